The molecule has 0 radical (unpaired) electrons. The number of rotatable bonds is 4. The molecule has 2 amide bonds. The summed E-state index contributed by atoms with van der Waals surface area (Å²) >= 11 is 0. The van der Waals surface area contributed by atoms with Gasteiger partial charge in [0.2, 0.25) is 0 Å². The summed E-state index contributed by atoms with van der Waals surface area (Å²) < 4.78 is 4.97. The van der Waals surface area contributed by atoms with Crippen LogP contribution >= 0.6 is 0 Å². The van der Waals surface area contributed by atoms with Gasteiger partial charge in [0.25, 0.3) is 0 Å². The van der Waals surface area contributed by atoms with Gasteiger partial charge < -0.3 is 20.1 Å². The van der Waals surface area contributed by atoms with E-state index in [1.54, 1.807) is 6.92 Å². The van der Waals surface area contributed by atoms with E-state index in [2.05, 4.69) is 5.32 Å². The van der Waals surface area contributed by atoms with Crippen LogP contribution in [0.15, 0.2) is 0 Å². The number of carboxylic acid groups (broad SMARTS) is 1. The topological polar surface area (TPSA) is 95.9 Å². The second-order valence-electron chi connectivity index (χ2n) is 5.63. The average Bonchev–Trinajstić information content (AvgIpc) is 3.08. The number of carbonyl (C=O) groups is 3. The lowest BCUT2D eigenvalue weighted by molar-refractivity contribution is -0.147. The third-order valence-electron chi connectivity index (χ3n) is 4.29. The maximum atomic E-state index is 12.4. The molecule has 1 atom stereocenters. The standard InChI is InChI=1S/C14H22N2O5/c1-2-21-11(17)10-6-5-9-16(10)13(20)15-14(12(18)19)7-3-4-8-14/h10H,2-9H2,1H3,(H,15,20)(H,18,19). The van der Waals surface area contributed by atoms with Crippen LogP contribution in [-0.4, -0.2) is 52.7 Å². The molecule has 1 saturated carbocycles. The smallest absolute Gasteiger partial charge is 0.329 e. The van der Waals surface area contributed by atoms with Gasteiger partial charge in [0.1, 0.15) is 11.6 Å². The van der Waals surface area contributed by atoms with Crippen molar-refractivity contribution in [2.75, 3.05) is 13.2 Å². The summed E-state index contributed by atoms with van der Waals surface area (Å²) in [7, 11) is 0. The predicted octanol–water partition coefficient (Wildman–Crippen LogP) is 1.12. The summed E-state index contributed by atoms with van der Waals surface area (Å²) in [5, 5.41) is 12.0. The number of ether oxygens (including phenoxy) is 1. The number of amides is 2. The molecule has 2 aliphatic rings. The van der Waals surface area contributed by atoms with Crippen LogP contribution in [0.4, 0.5) is 4.79 Å². The van der Waals surface area contributed by atoms with Gasteiger partial charge in [-0.05, 0) is 32.6 Å². The minimum Gasteiger partial charge on any atom is -0.480 e. The predicted molar refractivity (Wildman–Crippen MR) is 73.7 cm³/mol. The molecule has 0 bridgehead atoms. The SMILES string of the molecule is CCOC(=O)C1CCCN1C(=O)NC1(C(=O)O)CCCC1. The lowest BCUT2D eigenvalue weighted by Crippen LogP contribution is -2.58. The summed E-state index contributed by atoms with van der Waals surface area (Å²) in [4.78, 5) is 37.1. The Bertz CT molecular complexity index is 431. The fourth-order valence-corrected chi connectivity index (χ4v) is 3.14. The number of esters is 1. The van der Waals surface area contributed by atoms with Crippen molar-refractivity contribution in [2.24, 2.45) is 0 Å². The summed E-state index contributed by atoms with van der Waals surface area (Å²) in [6.07, 6.45) is 3.73. The summed E-state index contributed by atoms with van der Waals surface area (Å²) in [6, 6.07) is -1.08. The second kappa shape index (κ2) is 6.32. The van der Waals surface area contributed by atoms with Crippen molar-refractivity contribution >= 4 is 18.0 Å². The number of hydrogen-bond donors (Lipinski definition) is 2. The van der Waals surface area contributed by atoms with Crippen LogP contribution in [0, 0.1) is 0 Å². The molecule has 7 nitrogen and oxygen atoms in total. The van der Waals surface area contributed by atoms with Gasteiger partial charge in [0.05, 0.1) is 6.61 Å². The van der Waals surface area contributed by atoms with E-state index in [1.807, 2.05) is 0 Å². The van der Waals surface area contributed by atoms with Gasteiger partial charge in [0.15, 0.2) is 0 Å². The highest BCUT2D eigenvalue weighted by molar-refractivity contribution is 5.89. The Hall–Kier alpha value is -1.79. The second-order valence-corrected chi connectivity index (χ2v) is 5.63. The molecule has 1 aliphatic heterocycles. The van der Waals surface area contributed by atoms with Crippen LogP contribution in [0.2, 0.25) is 0 Å². The lowest BCUT2D eigenvalue weighted by Gasteiger charge is -2.30. The van der Waals surface area contributed by atoms with E-state index in [1.165, 1.54) is 4.90 Å². The average molecular weight is 298 g/mol. The maximum absolute atomic E-state index is 12.4. The molecule has 1 heterocycles. The van der Waals surface area contributed by atoms with Crippen LogP contribution in [0.3, 0.4) is 0 Å². The van der Waals surface area contributed by atoms with Crippen molar-refractivity contribution in [3.63, 3.8) is 0 Å². The van der Waals surface area contributed by atoms with Gasteiger partial charge in [-0.1, -0.05) is 12.8 Å². The normalized spacial score (nSPS) is 23.9. The van der Waals surface area contributed by atoms with Crippen LogP contribution in [0.25, 0.3) is 0 Å². The molecule has 0 aromatic heterocycles. The molecule has 118 valence electrons. The zero-order chi connectivity index (χ0) is 15.5. The molecular weight excluding hydrogens is 276 g/mol. The first-order valence-corrected chi connectivity index (χ1v) is 7.49. The number of nitrogens with one attached hydrogen (secondary N) is 1. The van der Waals surface area contributed by atoms with E-state index in [9.17, 15) is 19.5 Å². The molecule has 0 spiro atoms. The van der Waals surface area contributed by atoms with Crippen molar-refractivity contribution in [3.05, 3.63) is 0 Å². The van der Waals surface area contributed by atoms with E-state index < -0.39 is 29.6 Å². The fraction of sp³-hybridized carbons (Fsp3) is 0.786. The molecule has 0 aromatic carbocycles. The van der Waals surface area contributed by atoms with Crippen molar-refractivity contribution in [1.82, 2.24) is 10.2 Å². The largest absolute Gasteiger partial charge is 0.480 e. The number of hydrogen-bond acceptors (Lipinski definition) is 4. The lowest BCUT2D eigenvalue weighted by atomic mass is 9.98. The molecule has 7 heteroatoms. The number of nitrogens with zero attached hydrogens (tertiary/aromatic N) is 1. The highest BCUT2D eigenvalue weighted by atomic mass is 16.5. The highest BCUT2D eigenvalue weighted by Crippen LogP contribution is 2.30. The third kappa shape index (κ3) is 3.11. The first-order valence-electron chi connectivity index (χ1n) is 7.49. The van der Waals surface area contributed by atoms with Gasteiger partial charge in [-0.2, -0.15) is 0 Å². The van der Waals surface area contributed by atoms with E-state index in [4.69, 9.17) is 4.74 Å². The summed E-state index contributed by atoms with van der Waals surface area (Å²) in [5.41, 5.74) is -1.18. The number of likely N-dealkylation sites (tertiary alicyclic amines) is 1. The Balaban J connectivity index is 2.05. The Morgan fingerprint density at radius 1 is 1.29 bits per heavy atom. The Morgan fingerprint density at radius 3 is 2.52 bits per heavy atom. The molecule has 2 rings (SSSR count). The van der Waals surface area contributed by atoms with Gasteiger partial charge >= 0.3 is 18.0 Å². The molecule has 2 fully saturated rings. The van der Waals surface area contributed by atoms with Gasteiger partial charge in [-0.25, -0.2) is 14.4 Å². The first-order chi connectivity index (χ1) is 10.00. The summed E-state index contributed by atoms with van der Waals surface area (Å²) in [6.45, 7) is 2.43. The molecule has 2 N–H and O–H groups in total. The van der Waals surface area contributed by atoms with Crippen LogP contribution in [0.1, 0.15) is 45.4 Å². The molecule has 0 aromatic rings. The van der Waals surface area contributed by atoms with E-state index >= 15 is 0 Å². The third-order valence-corrected chi connectivity index (χ3v) is 4.29. The van der Waals surface area contributed by atoms with Crippen molar-refractivity contribution in [3.8, 4) is 0 Å². The minimum atomic E-state index is -1.18. The Labute approximate surface area is 123 Å². The van der Waals surface area contributed by atoms with Crippen molar-refractivity contribution in [2.45, 2.75) is 57.0 Å². The first kappa shape index (κ1) is 15.6. The molecule has 21 heavy (non-hydrogen) atoms. The van der Waals surface area contributed by atoms with Crippen LogP contribution in [0.5, 0.6) is 0 Å². The maximum Gasteiger partial charge on any atom is 0.329 e. The number of aliphatic carboxylic acids is 1. The number of urea groups is 1. The Kier molecular flexibility index (Phi) is 4.69. The van der Waals surface area contributed by atoms with Gasteiger partial charge in [-0.3, -0.25) is 0 Å². The van der Waals surface area contributed by atoms with E-state index in [0.717, 1.165) is 19.3 Å². The highest BCUT2D eigenvalue weighted by Gasteiger charge is 2.45. The zero-order valence-corrected chi connectivity index (χ0v) is 12.3. The molecule has 1 unspecified atom stereocenters. The van der Waals surface area contributed by atoms with Crippen LogP contribution < -0.4 is 5.32 Å². The molecular formula is C14H22N2O5. The van der Waals surface area contributed by atoms with Crippen molar-refractivity contribution < 1.29 is 24.2 Å². The number of carboxylic acids is 1. The van der Waals surface area contributed by atoms with Gasteiger partial charge in [-0.15, -0.1) is 0 Å². The summed E-state index contributed by atoms with van der Waals surface area (Å²) in [5.74, 6) is -1.42. The van der Waals surface area contributed by atoms with E-state index in [-0.39, 0.29) is 6.61 Å². The Morgan fingerprint density at radius 2 is 1.95 bits per heavy atom. The molecule has 1 saturated heterocycles. The van der Waals surface area contributed by atoms with Gasteiger partial charge in [0, 0.05) is 6.54 Å². The fourth-order valence-electron chi connectivity index (χ4n) is 3.14. The monoisotopic (exact) mass is 298 g/mol. The molecule has 1 aliphatic carbocycles. The zero-order valence-electron chi connectivity index (χ0n) is 12.3. The van der Waals surface area contributed by atoms with Crippen molar-refractivity contribution in [1.29, 1.82) is 0 Å². The quantitative estimate of drug-likeness (QED) is 0.758. The minimum absolute atomic E-state index is 0.268. The number of carbonyl (C=O) groups excluding carboxylic acids is 2. The van der Waals surface area contributed by atoms with Crippen LogP contribution in [-0.2, 0) is 14.3 Å². The van der Waals surface area contributed by atoms with E-state index in [0.29, 0.717) is 25.8 Å².